The lowest BCUT2D eigenvalue weighted by Gasteiger charge is -2.34. The van der Waals surface area contributed by atoms with E-state index < -0.39 is 34.1 Å². The molecule has 1 N–H and O–H groups in total. The first-order chi connectivity index (χ1) is 16.2. The number of anilines is 1. The molecule has 1 atom stereocenters. The monoisotopic (exact) mass is 503 g/mol. The highest BCUT2D eigenvalue weighted by atomic mass is 32.2. The Balaban J connectivity index is 2.44. The molecule has 2 amide bonds. The van der Waals surface area contributed by atoms with Gasteiger partial charge in [-0.05, 0) is 63.9 Å². The van der Waals surface area contributed by atoms with Crippen LogP contribution in [0.4, 0.5) is 5.69 Å². The predicted octanol–water partition coefficient (Wildman–Crippen LogP) is 3.49. The second kappa shape index (κ2) is 11.6. The number of rotatable bonds is 10. The van der Waals surface area contributed by atoms with Crippen LogP contribution in [0.5, 0.6) is 5.75 Å². The summed E-state index contributed by atoms with van der Waals surface area (Å²) in [6, 6.07) is 13.4. The van der Waals surface area contributed by atoms with Gasteiger partial charge in [0.1, 0.15) is 18.3 Å². The highest BCUT2D eigenvalue weighted by Crippen LogP contribution is 2.23. The van der Waals surface area contributed by atoms with E-state index in [1.54, 1.807) is 24.3 Å². The van der Waals surface area contributed by atoms with Crippen LogP contribution in [0, 0.1) is 6.92 Å². The SMILES string of the molecule is CC[C@H](C(=O)NC(C)(C)C)N(Cc1ccc(C)cc1)C(=O)CN(c1ccc(OC)cc1)S(C)(=O)=O. The van der Waals surface area contributed by atoms with Gasteiger partial charge in [-0.25, -0.2) is 8.42 Å². The standard InChI is InChI=1S/C26H37N3O5S/c1-8-23(25(31)27-26(3,4)5)28(17-20-11-9-19(2)10-12-20)24(30)18-29(35(7,32)33)21-13-15-22(34-6)16-14-21/h9-16,23H,8,17-18H2,1-7H3,(H,27,31)/t23-/m1/s1. The molecule has 0 aliphatic heterocycles. The number of methoxy groups -OCH3 is 1. The predicted molar refractivity (Wildman–Crippen MR) is 139 cm³/mol. The van der Waals surface area contributed by atoms with Gasteiger partial charge in [-0.2, -0.15) is 0 Å². The third-order valence-electron chi connectivity index (χ3n) is 5.40. The maximum absolute atomic E-state index is 13.7. The summed E-state index contributed by atoms with van der Waals surface area (Å²) in [7, 11) is -2.26. The van der Waals surface area contributed by atoms with Crippen molar-refractivity contribution in [2.24, 2.45) is 0 Å². The van der Waals surface area contributed by atoms with Crippen LogP contribution in [0.1, 0.15) is 45.2 Å². The Kier molecular flexibility index (Phi) is 9.31. The maximum Gasteiger partial charge on any atom is 0.244 e. The Bertz CT molecular complexity index is 1110. The summed E-state index contributed by atoms with van der Waals surface area (Å²) in [5.41, 5.74) is 1.78. The summed E-state index contributed by atoms with van der Waals surface area (Å²) in [5, 5.41) is 2.95. The van der Waals surface area contributed by atoms with Crippen LogP contribution in [-0.4, -0.2) is 56.6 Å². The van der Waals surface area contributed by atoms with Crippen molar-refractivity contribution in [2.45, 2.75) is 59.2 Å². The second-order valence-electron chi connectivity index (χ2n) is 9.64. The molecule has 35 heavy (non-hydrogen) atoms. The first-order valence-electron chi connectivity index (χ1n) is 11.5. The average molecular weight is 504 g/mol. The van der Waals surface area contributed by atoms with Gasteiger partial charge in [0, 0.05) is 12.1 Å². The molecule has 0 aliphatic carbocycles. The molecule has 0 unspecified atom stereocenters. The molecule has 0 spiro atoms. The van der Waals surface area contributed by atoms with Crippen LogP contribution < -0.4 is 14.4 Å². The molecule has 2 aromatic carbocycles. The number of sulfonamides is 1. The Morgan fingerprint density at radius 2 is 1.60 bits per heavy atom. The van der Waals surface area contributed by atoms with Gasteiger partial charge in [0.2, 0.25) is 21.8 Å². The molecule has 2 rings (SSSR count). The van der Waals surface area contributed by atoms with Crippen molar-refractivity contribution in [1.82, 2.24) is 10.2 Å². The van der Waals surface area contributed by atoms with Gasteiger partial charge in [-0.1, -0.05) is 36.8 Å². The fraction of sp³-hybridized carbons (Fsp3) is 0.462. The zero-order valence-corrected chi connectivity index (χ0v) is 22.5. The number of nitrogens with one attached hydrogen (secondary N) is 1. The van der Waals surface area contributed by atoms with Crippen molar-refractivity contribution in [2.75, 3.05) is 24.2 Å². The topological polar surface area (TPSA) is 96.0 Å². The van der Waals surface area contributed by atoms with Crippen LogP contribution >= 0.6 is 0 Å². The van der Waals surface area contributed by atoms with E-state index in [9.17, 15) is 18.0 Å². The molecular weight excluding hydrogens is 466 g/mol. The summed E-state index contributed by atoms with van der Waals surface area (Å²) in [6.45, 7) is 9.17. The smallest absolute Gasteiger partial charge is 0.244 e. The summed E-state index contributed by atoms with van der Waals surface area (Å²) < 4.78 is 31.5. The second-order valence-corrected chi connectivity index (χ2v) is 11.5. The molecule has 0 saturated heterocycles. The van der Waals surface area contributed by atoms with Crippen LogP contribution in [0.25, 0.3) is 0 Å². The Morgan fingerprint density at radius 3 is 2.06 bits per heavy atom. The fourth-order valence-electron chi connectivity index (χ4n) is 3.62. The minimum atomic E-state index is -3.78. The van der Waals surface area contributed by atoms with Crippen molar-refractivity contribution in [3.8, 4) is 5.75 Å². The minimum absolute atomic E-state index is 0.176. The number of benzene rings is 2. The number of carbonyl (C=O) groups excluding carboxylic acids is 2. The normalized spacial score (nSPS) is 12.5. The molecule has 0 aromatic heterocycles. The number of carbonyl (C=O) groups is 2. The number of ether oxygens (including phenoxy) is 1. The van der Waals surface area contributed by atoms with Gasteiger partial charge in [0.05, 0.1) is 19.1 Å². The summed E-state index contributed by atoms with van der Waals surface area (Å²) in [4.78, 5) is 28.3. The number of hydrogen-bond donors (Lipinski definition) is 1. The quantitative estimate of drug-likeness (QED) is 0.535. The molecular formula is C26H37N3O5S. The number of hydrogen-bond acceptors (Lipinski definition) is 5. The van der Waals surface area contributed by atoms with Crippen molar-refractivity contribution in [1.29, 1.82) is 0 Å². The number of aryl methyl sites for hydroxylation is 1. The van der Waals surface area contributed by atoms with Crippen molar-refractivity contribution in [3.05, 3.63) is 59.7 Å². The molecule has 0 heterocycles. The third-order valence-corrected chi connectivity index (χ3v) is 6.54. The van der Waals surface area contributed by atoms with Gasteiger partial charge in [0.15, 0.2) is 0 Å². The molecule has 8 nitrogen and oxygen atoms in total. The lowest BCUT2D eigenvalue weighted by molar-refractivity contribution is -0.141. The Morgan fingerprint density at radius 1 is 1.03 bits per heavy atom. The van der Waals surface area contributed by atoms with Crippen molar-refractivity contribution < 1.29 is 22.7 Å². The van der Waals surface area contributed by atoms with Gasteiger partial charge < -0.3 is 15.0 Å². The largest absolute Gasteiger partial charge is 0.497 e. The molecule has 0 radical (unpaired) electrons. The highest BCUT2D eigenvalue weighted by molar-refractivity contribution is 7.92. The van der Waals surface area contributed by atoms with E-state index >= 15 is 0 Å². The summed E-state index contributed by atoms with van der Waals surface area (Å²) in [6.07, 6.45) is 1.43. The molecule has 9 heteroatoms. The van der Waals surface area contributed by atoms with Gasteiger partial charge in [-0.15, -0.1) is 0 Å². The van der Waals surface area contributed by atoms with E-state index in [0.29, 0.717) is 17.9 Å². The van der Waals surface area contributed by atoms with Crippen molar-refractivity contribution >= 4 is 27.5 Å². The van der Waals surface area contributed by atoms with Crippen LogP contribution in [0.15, 0.2) is 48.5 Å². The molecule has 0 fully saturated rings. The minimum Gasteiger partial charge on any atom is -0.497 e. The van der Waals surface area contributed by atoms with E-state index in [0.717, 1.165) is 21.7 Å². The molecule has 0 bridgehead atoms. The van der Waals surface area contributed by atoms with E-state index in [1.165, 1.54) is 12.0 Å². The van der Waals surface area contributed by atoms with E-state index in [4.69, 9.17) is 4.74 Å². The van der Waals surface area contributed by atoms with Crippen molar-refractivity contribution in [3.63, 3.8) is 0 Å². The van der Waals surface area contributed by atoms with Gasteiger partial charge in [-0.3, -0.25) is 13.9 Å². The summed E-state index contributed by atoms with van der Waals surface area (Å²) in [5.74, 6) is -0.182. The van der Waals surface area contributed by atoms with Crippen LogP contribution in [-0.2, 0) is 26.2 Å². The summed E-state index contributed by atoms with van der Waals surface area (Å²) >= 11 is 0. The highest BCUT2D eigenvalue weighted by Gasteiger charge is 2.33. The zero-order valence-electron chi connectivity index (χ0n) is 21.7. The maximum atomic E-state index is 13.7. The van der Waals surface area contributed by atoms with E-state index in [1.807, 2.05) is 58.9 Å². The van der Waals surface area contributed by atoms with Crippen LogP contribution in [0.2, 0.25) is 0 Å². The molecule has 0 aliphatic rings. The first-order valence-corrected chi connectivity index (χ1v) is 13.4. The van der Waals surface area contributed by atoms with Gasteiger partial charge >= 0.3 is 0 Å². The third kappa shape index (κ3) is 8.28. The molecule has 2 aromatic rings. The van der Waals surface area contributed by atoms with Gasteiger partial charge in [0.25, 0.3) is 0 Å². The number of nitrogens with zero attached hydrogens (tertiary/aromatic N) is 2. The molecule has 192 valence electrons. The Hall–Kier alpha value is -3.07. The lowest BCUT2D eigenvalue weighted by atomic mass is 10.1. The zero-order chi connectivity index (χ0) is 26.4. The first kappa shape index (κ1) is 28.2. The number of amides is 2. The van der Waals surface area contributed by atoms with Crippen LogP contribution in [0.3, 0.4) is 0 Å². The lowest BCUT2D eigenvalue weighted by Crippen LogP contribution is -2.55. The average Bonchev–Trinajstić information content (AvgIpc) is 2.76. The molecule has 0 saturated carbocycles. The van der Waals surface area contributed by atoms with E-state index in [-0.39, 0.29) is 12.5 Å². The fourth-order valence-corrected chi connectivity index (χ4v) is 4.47. The Labute approximate surface area is 209 Å². The van der Waals surface area contributed by atoms with E-state index in [2.05, 4.69) is 5.32 Å².